The summed E-state index contributed by atoms with van der Waals surface area (Å²) in [5.74, 6) is 3.00. The Morgan fingerprint density at radius 2 is 2.14 bits per heavy atom. The van der Waals surface area contributed by atoms with Crippen LogP contribution in [0.1, 0.15) is 25.7 Å². The standard InChI is InChI=1S/C15H25N5O2/c1-10(2)20-9-16-17-14(20)8-18(3)5-11-12-6-19(7-13(11)12)15(21)22-4/h9-13H,5-8H2,1-4H3. The topological polar surface area (TPSA) is 63.5 Å². The molecule has 1 aliphatic heterocycles. The van der Waals surface area contributed by atoms with Gasteiger partial charge in [0.1, 0.15) is 12.2 Å². The first-order valence-electron chi connectivity index (χ1n) is 7.91. The van der Waals surface area contributed by atoms with Gasteiger partial charge >= 0.3 is 6.09 Å². The summed E-state index contributed by atoms with van der Waals surface area (Å²) in [7, 11) is 3.58. The Morgan fingerprint density at radius 3 is 2.73 bits per heavy atom. The lowest BCUT2D eigenvalue weighted by molar-refractivity contribution is 0.125. The highest BCUT2D eigenvalue weighted by molar-refractivity contribution is 5.68. The maximum atomic E-state index is 11.5. The van der Waals surface area contributed by atoms with Gasteiger partial charge in [0.25, 0.3) is 0 Å². The predicted octanol–water partition coefficient (Wildman–Crippen LogP) is 1.23. The summed E-state index contributed by atoms with van der Waals surface area (Å²) in [4.78, 5) is 15.6. The number of aromatic nitrogens is 3. The van der Waals surface area contributed by atoms with E-state index < -0.39 is 0 Å². The largest absolute Gasteiger partial charge is 0.453 e. The molecule has 2 heterocycles. The van der Waals surface area contributed by atoms with Gasteiger partial charge in [-0.25, -0.2) is 4.79 Å². The van der Waals surface area contributed by atoms with Crippen LogP contribution >= 0.6 is 0 Å². The van der Waals surface area contributed by atoms with Gasteiger partial charge in [-0.05, 0) is 38.6 Å². The maximum absolute atomic E-state index is 11.5. The van der Waals surface area contributed by atoms with E-state index in [0.717, 1.165) is 32.0 Å². The van der Waals surface area contributed by atoms with E-state index in [-0.39, 0.29) is 6.09 Å². The van der Waals surface area contributed by atoms with Gasteiger partial charge in [0.05, 0.1) is 13.7 Å². The number of piperidine rings is 1. The molecule has 0 bridgehead atoms. The second-order valence-electron chi connectivity index (χ2n) is 6.81. The number of likely N-dealkylation sites (tertiary alicyclic amines) is 1. The molecule has 1 aromatic heterocycles. The lowest BCUT2D eigenvalue weighted by Gasteiger charge is -2.21. The number of fused-ring (bicyclic) bond motifs is 1. The Morgan fingerprint density at radius 1 is 1.45 bits per heavy atom. The molecule has 2 aliphatic rings. The van der Waals surface area contributed by atoms with E-state index in [1.54, 1.807) is 6.33 Å². The summed E-state index contributed by atoms with van der Waals surface area (Å²) in [5, 5.41) is 8.24. The smallest absolute Gasteiger partial charge is 0.409 e. The van der Waals surface area contributed by atoms with Crippen LogP contribution < -0.4 is 0 Å². The van der Waals surface area contributed by atoms with Gasteiger partial charge in [-0.15, -0.1) is 10.2 Å². The highest BCUT2D eigenvalue weighted by Gasteiger charge is 2.56. The van der Waals surface area contributed by atoms with Crippen LogP contribution in [0.15, 0.2) is 6.33 Å². The molecule has 2 atom stereocenters. The third-order valence-electron chi connectivity index (χ3n) is 4.94. The molecule has 1 aromatic rings. The van der Waals surface area contributed by atoms with Crippen molar-refractivity contribution in [3.8, 4) is 0 Å². The van der Waals surface area contributed by atoms with E-state index in [4.69, 9.17) is 4.74 Å². The number of ether oxygens (including phenoxy) is 1. The number of methoxy groups -OCH3 is 1. The third kappa shape index (κ3) is 2.82. The van der Waals surface area contributed by atoms with Crippen molar-refractivity contribution in [3.05, 3.63) is 12.2 Å². The molecule has 0 radical (unpaired) electrons. The number of nitrogens with zero attached hydrogens (tertiary/aromatic N) is 5. The number of amides is 1. The molecule has 7 heteroatoms. The van der Waals surface area contributed by atoms with Crippen molar-refractivity contribution in [1.29, 1.82) is 0 Å². The average Bonchev–Trinajstić information content (AvgIpc) is 2.91. The minimum absolute atomic E-state index is 0.190. The molecule has 7 nitrogen and oxygen atoms in total. The van der Waals surface area contributed by atoms with Gasteiger partial charge in [-0.3, -0.25) is 4.90 Å². The molecular formula is C15H25N5O2. The Balaban J connectivity index is 1.48. The van der Waals surface area contributed by atoms with Gasteiger partial charge in [0.2, 0.25) is 0 Å². The van der Waals surface area contributed by atoms with Crippen LogP contribution in [0.5, 0.6) is 0 Å². The van der Waals surface area contributed by atoms with Crippen LogP contribution in [0, 0.1) is 17.8 Å². The van der Waals surface area contributed by atoms with Crippen molar-refractivity contribution in [2.24, 2.45) is 17.8 Å². The Hall–Kier alpha value is -1.63. The number of rotatable bonds is 5. The van der Waals surface area contributed by atoms with Crippen molar-refractivity contribution in [3.63, 3.8) is 0 Å². The quantitative estimate of drug-likeness (QED) is 0.819. The molecule has 2 unspecified atom stereocenters. The fourth-order valence-corrected chi connectivity index (χ4v) is 3.68. The number of carbonyl (C=O) groups excluding carboxylic acids is 1. The van der Waals surface area contributed by atoms with Crippen molar-refractivity contribution in [1.82, 2.24) is 24.6 Å². The molecule has 0 spiro atoms. The lowest BCUT2D eigenvalue weighted by atomic mass is 10.2. The van der Waals surface area contributed by atoms with Crippen LogP contribution in [0.2, 0.25) is 0 Å². The van der Waals surface area contributed by atoms with Crippen LogP contribution in [0.25, 0.3) is 0 Å². The van der Waals surface area contributed by atoms with Crippen LogP contribution in [0.3, 0.4) is 0 Å². The Kier molecular flexibility index (Phi) is 4.08. The summed E-state index contributed by atoms with van der Waals surface area (Å²) >= 11 is 0. The first-order valence-corrected chi connectivity index (χ1v) is 7.91. The molecule has 1 aliphatic carbocycles. The molecule has 122 valence electrons. The first-order chi connectivity index (χ1) is 10.5. The monoisotopic (exact) mass is 307 g/mol. The highest BCUT2D eigenvalue weighted by Crippen LogP contribution is 2.52. The van der Waals surface area contributed by atoms with Crippen molar-refractivity contribution in [2.75, 3.05) is 33.8 Å². The van der Waals surface area contributed by atoms with Crippen LogP contribution in [0.4, 0.5) is 4.79 Å². The summed E-state index contributed by atoms with van der Waals surface area (Å²) in [5.41, 5.74) is 0. The second-order valence-corrected chi connectivity index (χ2v) is 6.81. The fourth-order valence-electron chi connectivity index (χ4n) is 3.68. The van der Waals surface area contributed by atoms with Gasteiger partial charge in [0, 0.05) is 25.7 Å². The second kappa shape index (κ2) is 5.87. The zero-order valence-corrected chi connectivity index (χ0v) is 13.8. The van der Waals surface area contributed by atoms with Crippen molar-refractivity contribution >= 4 is 6.09 Å². The number of hydrogen-bond donors (Lipinski definition) is 0. The third-order valence-corrected chi connectivity index (χ3v) is 4.94. The minimum Gasteiger partial charge on any atom is -0.453 e. The zero-order chi connectivity index (χ0) is 15.9. The SMILES string of the molecule is COC(=O)N1CC2C(CN(C)Cc3nncn3C(C)C)C2C1. The van der Waals surface area contributed by atoms with Gasteiger partial charge in [-0.2, -0.15) is 0 Å². The lowest BCUT2D eigenvalue weighted by Crippen LogP contribution is -2.33. The maximum Gasteiger partial charge on any atom is 0.409 e. The van der Waals surface area contributed by atoms with Gasteiger partial charge < -0.3 is 14.2 Å². The minimum atomic E-state index is -0.190. The number of hydrogen-bond acceptors (Lipinski definition) is 5. The molecule has 1 amide bonds. The Labute approximate surface area is 131 Å². The molecule has 1 saturated carbocycles. The molecule has 1 saturated heterocycles. The van der Waals surface area contributed by atoms with E-state index in [2.05, 4.69) is 40.6 Å². The van der Waals surface area contributed by atoms with E-state index in [0.29, 0.717) is 23.8 Å². The van der Waals surface area contributed by atoms with E-state index in [1.165, 1.54) is 7.11 Å². The highest BCUT2D eigenvalue weighted by atomic mass is 16.5. The molecular weight excluding hydrogens is 282 g/mol. The molecule has 0 N–H and O–H groups in total. The van der Waals surface area contributed by atoms with Gasteiger partial charge in [0.15, 0.2) is 0 Å². The Bertz CT molecular complexity index is 532. The summed E-state index contributed by atoms with van der Waals surface area (Å²) in [6, 6.07) is 0.382. The van der Waals surface area contributed by atoms with E-state index in [9.17, 15) is 4.79 Å². The summed E-state index contributed by atoms with van der Waals surface area (Å²) in [6.45, 7) is 7.83. The molecule has 3 rings (SSSR count). The zero-order valence-electron chi connectivity index (χ0n) is 13.8. The van der Waals surface area contributed by atoms with E-state index >= 15 is 0 Å². The van der Waals surface area contributed by atoms with Crippen LogP contribution in [-0.2, 0) is 11.3 Å². The first kappa shape index (κ1) is 15.3. The van der Waals surface area contributed by atoms with Crippen molar-refractivity contribution < 1.29 is 9.53 Å². The molecule has 22 heavy (non-hydrogen) atoms. The number of carbonyl (C=O) groups is 1. The molecule has 0 aromatic carbocycles. The average molecular weight is 307 g/mol. The summed E-state index contributed by atoms with van der Waals surface area (Å²) in [6.07, 6.45) is 1.61. The normalized spacial score (nSPS) is 26.6. The van der Waals surface area contributed by atoms with Gasteiger partial charge in [-0.1, -0.05) is 0 Å². The van der Waals surface area contributed by atoms with Crippen molar-refractivity contribution in [2.45, 2.75) is 26.4 Å². The molecule has 2 fully saturated rings. The van der Waals surface area contributed by atoms with Crippen LogP contribution in [-0.4, -0.2) is 64.4 Å². The fraction of sp³-hybridized carbons (Fsp3) is 0.800. The summed E-state index contributed by atoms with van der Waals surface area (Å²) < 4.78 is 6.90. The predicted molar refractivity (Wildman–Crippen MR) is 81.2 cm³/mol. The van der Waals surface area contributed by atoms with E-state index in [1.807, 2.05) is 4.90 Å².